The minimum atomic E-state index is -0.944. The molecule has 1 heterocycles. The zero-order valence-corrected chi connectivity index (χ0v) is 12.9. The molecule has 0 spiro atoms. The van der Waals surface area contributed by atoms with E-state index in [-0.39, 0.29) is 0 Å². The zero-order valence-electron chi connectivity index (χ0n) is 12.1. The maximum Gasteiger partial charge on any atom is 0.137 e. The summed E-state index contributed by atoms with van der Waals surface area (Å²) < 4.78 is 1.69. The molecule has 2 unspecified atom stereocenters. The first-order valence-corrected chi connectivity index (χ1v) is 7.75. The largest absolute Gasteiger partial charge is 0.383 e. The topological polar surface area (TPSA) is 50.9 Å². The fraction of sp³-hybridized carbons (Fsp3) is 0.500. The fourth-order valence-electron chi connectivity index (χ4n) is 2.98. The molecule has 1 fully saturated rings. The molecule has 0 saturated heterocycles. The van der Waals surface area contributed by atoms with Crippen LogP contribution in [0.2, 0.25) is 5.02 Å². The van der Waals surface area contributed by atoms with Gasteiger partial charge in [0.25, 0.3) is 0 Å². The van der Waals surface area contributed by atoms with Crippen LogP contribution in [0, 0.1) is 11.8 Å². The molecule has 1 saturated carbocycles. The molecule has 1 aliphatic carbocycles. The van der Waals surface area contributed by atoms with E-state index in [0.717, 1.165) is 17.9 Å². The van der Waals surface area contributed by atoms with Crippen molar-refractivity contribution in [1.29, 1.82) is 0 Å². The zero-order chi connectivity index (χ0) is 14.9. The summed E-state index contributed by atoms with van der Waals surface area (Å²) in [5.74, 6) is 1.24. The number of hydrogen-bond donors (Lipinski definition) is 1. The van der Waals surface area contributed by atoms with Gasteiger partial charge in [-0.3, -0.25) is 0 Å². The van der Waals surface area contributed by atoms with Crippen LogP contribution in [0.5, 0.6) is 0 Å². The van der Waals surface area contributed by atoms with Gasteiger partial charge in [0.05, 0.1) is 6.54 Å². The summed E-state index contributed by atoms with van der Waals surface area (Å²) in [4.78, 5) is 3.96. The number of halogens is 1. The Morgan fingerprint density at radius 3 is 2.67 bits per heavy atom. The summed E-state index contributed by atoms with van der Waals surface area (Å²) in [5.41, 5.74) is -0.0600. The van der Waals surface area contributed by atoms with Crippen LogP contribution < -0.4 is 0 Å². The van der Waals surface area contributed by atoms with Gasteiger partial charge in [-0.25, -0.2) is 9.67 Å². The maximum atomic E-state index is 11.3. The number of aromatic nitrogens is 3. The van der Waals surface area contributed by atoms with Crippen molar-refractivity contribution in [3.8, 4) is 0 Å². The highest BCUT2D eigenvalue weighted by atomic mass is 35.5. The molecule has 112 valence electrons. The summed E-state index contributed by atoms with van der Waals surface area (Å²) in [6, 6.07) is 7.45. The average molecular weight is 306 g/mol. The van der Waals surface area contributed by atoms with Crippen molar-refractivity contribution >= 4 is 11.6 Å². The highest BCUT2D eigenvalue weighted by molar-refractivity contribution is 6.30. The molecule has 2 atom stereocenters. The van der Waals surface area contributed by atoms with Crippen LogP contribution in [0.25, 0.3) is 0 Å². The number of nitrogens with zero attached hydrogens (tertiary/aromatic N) is 3. The Balaban J connectivity index is 1.86. The van der Waals surface area contributed by atoms with E-state index in [9.17, 15) is 5.11 Å². The quantitative estimate of drug-likeness (QED) is 0.891. The molecular weight excluding hydrogens is 286 g/mol. The van der Waals surface area contributed by atoms with Crippen LogP contribution in [-0.2, 0) is 12.1 Å². The second-order valence-electron chi connectivity index (χ2n) is 6.15. The Bertz CT molecular complexity index is 580. The van der Waals surface area contributed by atoms with Gasteiger partial charge < -0.3 is 5.11 Å². The van der Waals surface area contributed by atoms with E-state index in [1.54, 1.807) is 11.0 Å². The summed E-state index contributed by atoms with van der Waals surface area (Å²) >= 11 is 5.96. The van der Waals surface area contributed by atoms with Gasteiger partial charge >= 0.3 is 0 Å². The number of benzene rings is 1. The van der Waals surface area contributed by atoms with Crippen molar-refractivity contribution in [3.63, 3.8) is 0 Å². The van der Waals surface area contributed by atoms with Crippen molar-refractivity contribution in [1.82, 2.24) is 14.8 Å². The number of hydrogen-bond acceptors (Lipinski definition) is 3. The van der Waals surface area contributed by atoms with Crippen molar-refractivity contribution in [2.45, 2.75) is 38.3 Å². The molecule has 0 aliphatic heterocycles. The molecule has 5 heteroatoms. The Morgan fingerprint density at radius 1 is 1.38 bits per heavy atom. The first-order valence-electron chi connectivity index (χ1n) is 7.38. The second-order valence-corrected chi connectivity index (χ2v) is 6.59. The third-order valence-electron chi connectivity index (χ3n) is 4.36. The first-order chi connectivity index (χ1) is 10.1. The van der Waals surface area contributed by atoms with Gasteiger partial charge in [-0.05, 0) is 48.8 Å². The molecule has 2 aromatic rings. The molecule has 4 nitrogen and oxygen atoms in total. The summed E-state index contributed by atoms with van der Waals surface area (Å²) in [7, 11) is 0. The van der Waals surface area contributed by atoms with E-state index in [1.807, 2.05) is 24.3 Å². The molecule has 0 amide bonds. The van der Waals surface area contributed by atoms with Crippen molar-refractivity contribution in [3.05, 3.63) is 47.5 Å². The number of rotatable bonds is 6. The van der Waals surface area contributed by atoms with Crippen LogP contribution >= 0.6 is 11.6 Å². The highest BCUT2D eigenvalue weighted by Gasteiger charge is 2.37. The standard InChI is InChI=1S/C16H20ClN3O/c1-12(13-2-3-13)8-16(21,9-20-11-18-10-19-20)14-4-6-15(17)7-5-14/h4-7,10-13,21H,2-3,8-9H2,1H3. The van der Waals surface area contributed by atoms with Crippen LogP contribution in [0.3, 0.4) is 0 Å². The number of aliphatic hydroxyl groups is 1. The third kappa shape index (κ3) is 3.44. The SMILES string of the molecule is CC(CC(O)(Cn1cncn1)c1ccc(Cl)cc1)C1CC1. The molecule has 1 aromatic carbocycles. The van der Waals surface area contributed by atoms with Crippen LogP contribution in [0.4, 0.5) is 0 Å². The molecule has 1 N–H and O–H groups in total. The van der Waals surface area contributed by atoms with E-state index in [2.05, 4.69) is 17.0 Å². The minimum Gasteiger partial charge on any atom is -0.383 e. The van der Waals surface area contributed by atoms with Crippen molar-refractivity contribution < 1.29 is 5.11 Å². The van der Waals surface area contributed by atoms with Crippen LogP contribution in [0.15, 0.2) is 36.9 Å². The van der Waals surface area contributed by atoms with E-state index < -0.39 is 5.60 Å². The lowest BCUT2D eigenvalue weighted by atomic mass is 9.83. The van der Waals surface area contributed by atoms with E-state index in [1.165, 1.54) is 19.2 Å². The monoisotopic (exact) mass is 305 g/mol. The predicted octanol–water partition coefficient (Wildman–Crippen LogP) is 3.26. The summed E-state index contributed by atoms with van der Waals surface area (Å²) in [6.07, 6.45) is 6.41. The van der Waals surface area contributed by atoms with E-state index >= 15 is 0 Å². The molecule has 1 aromatic heterocycles. The fourth-order valence-corrected chi connectivity index (χ4v) is 3.11. The van der Waals surface area contributed by atoms with Gasteiger partial charge in [-0.2, -0.15) is 5.10 Å². The Hall–Kier alpha value is -1.39. The van der Waals surface area contributed by atoms with Gasteiger partial charge in [0.1, 0.15) is 18.3 Å². The minimum absolute atomic E-state index is 0.408. The molecule has 3 rings (SSSR count). The first kappa shape index (κ1) is 14.5. The van der Waals surface area contributed by atoms with Gasteiger partial charge in [-0.1, -0.05) is 30.7 Å². The van der Waals surface area contributed by atoms with Crippen LogP contribution in [-0.4, -0.2) is 19.9 Å². The molecule has 0 bridgehead atoms. The van der Waals surface area contributed by atoms with E-state index in [4.69, 9.17) is 11.6 Å². The molecule has 21 heavy (non-hydrogen) atoms. The van der Waals surface area contributed by atoms with Crippen molar-refractivity contribution in [2.24, 2.45) is 11.8 Å². The normalized spacial score (nSPS) is 19.2. The summed E-state index contributed by atoms with van der Waals surface area (Å²) in [5, 5.41) is 16.1. The van der Waals surface area contributed by atoms with Gasteiger partial charge in [0, 0.05) is 5.02 Å². The smallest absolute Gasteiger partial charge is 0.137 e. The molecule has 1 aliphatic rings. The Morgan fingerprint density at radius 2 is 2.10 bits per heavy atom. The lowest BCUT2D eigenvalue weighted by Gasteiger charge is -2.31. The molecular formula is C16H20ClN3O. The average Bonchev–Trinajstić information content (AvgIpc) is 3.19. The Labute approximate surface area is 129 Å². The lowest BCUT2D eigenvalue weighted by Crippen LogP contribution is -2.34. The molecule has 0 radical (unpaired) electrons. The lowest BCUT2D eigenvalue weighted by molar-refractivity contribution is -0.00954. The van der Waals surface area contributed by atoms with Crippen molar-refractivity contribution in [2.75, 3.05) is 0 Å². The van der Waals surface area contributed by atoms with Crippen LogP contribution in [0.1, 0.15) is 31.7 Å². The van der Waals surface area contributed by atoms with Gasteiger partial charge in [0.2, 0.25) is 0 Å². The highest BCUT2D eigenvalue weighted by Crippen LogP contribution is 2.43. The summed E-state index contributed by atoms with van der Waals surface area (Å²) in [6.45, 7) is 2.63. The third-order valence-corrected chi connectivity index (χ3v) is 4.61. The Kier molecular flexibility index (Phi) is 4.00. The maximum absolute atomic E-state index is 11.3. The van der Waals surface area contributed by atoms with Gasteiger partial charge in [0.15, 0.2) is 0 Å². The van der Waals surface area contributed by atoms with Gasteiger partial charge in [-0.15, -0.1) is 0 Å². The predicted molar refractivity (Wildman–Crippen MR) is 81.9 cm³/mol. The van der Waals surface area contributed by atoms with E-state index in [0.29, 0.717) is 17.5 Å². The second kappa shape index (κ2) is 5.78.